The summed E-state index contributed by atoms with van der Waals surface area (Å²) in [5, 5.41) is 3.96. The van der Waals surface area contributed by atoms with E-state index in [2.05, 4.69) is 5.16 Å². The van der Waals surface area contributed by atoms with E-state index in [9.17, 15) is 4.39 Å². The highest BCUT2D eigenvalue weighted by molar-refractivity contribution is 5.75. The van der Waals surface area contributed by atoms with Crippen LogP contribution in [0.15, 0.2) is 28.8 Å². The molecule has 0 amide bonds. The average molecular weight is 248 g/mol. The maximum Gasteiger partial charge on any atom is 0.230 e. The molecule has 4 nitrogen and oxygen atoms in total. The summed E-state index contributed by atoms with van der Waals surface area (Å²) in [6.45, 7) is 0.708. The molecule has 0 saturated carbocycles. The molecule has 0 aliphatic carbocycles. The highest BCUT2D eigenvalue weighted by Gasteiger charge is 2.27. The Kier molecular flexibility index (Phi) is 2.76. The first-order chi connectivity index (χ1) is 8.75. The minimum atomic E-state index is -0.314. The van der Waals surface area contributed by atoms with Crippen molar-refractivity contribution in [3.8, 4) is 11.1 Å². The number of rotatable bonds is 2. The minimum absolute atomic E-state index is 0.107. The van der Waals surface area contributed by atoms with Crippen LogP contribution in [0.5, 0.6) is 0 Å². The molecule has 1 fully saturated rings. The van der Waals surface area contributed by atoms with Crippen molar-refractivity contribution in [1.29, 1.82) is 0 Å². The Balaban J connectivity index is 2.07. The zero-order chi connectivity index (χ0) is 12.5. The molecule has 0 bridgehead atoms. The second-order valence-electron chi connectivity index (χ2n) is 4.32. The van der Waals surface area contributed by atoms with E-state index in [1.165, 1.54) is 12.1 Å². The average Bonchev–Trinajstić information content (AvgIpc) is 2.97. The first-order valence-corrected chi connectivity index (χ1v) is 5.88. The van der Waals surface area contributed by atoms with E-state index in [1.807, 2.05) is 0 Å². The Morgan fingerprint density at radius 2 is 2.28 bits per heavy atom. The highest BCUT2D eigenvalue weighted by Crippen LogP contribution is 2.38. The lowest BCUT2D eigenvalue weighted by atomic mass is 10.0. The monoisotopic (exact) mass is 248 g/mol. The molecule has 1 unspecified atom stereocenters. The van der Waals surface area contributed by atoms with E-state index in [1.54, 1.807) is 12.1 Å². The van der Waals surface area contributed by atoms with Crippen LogP contribution >= 0.6 is 0 Å². The molecular weight excluding hydrogens is 235 g/mol. The van der Waals surface area contributed by atoms with Crippen LogP contribution in [-0.2, 0) is 4.74 Å². The quantitative estimate of drug-likeness (QED) is 0.887. The van der Waals surface area contributed by atoms with Crippen LogP contribution in [0.1, 0.15) is 24.6 Å². The molecule has 1 aromatic heterocycles. The lowest BCUT2D eigenvalue weighted by molar-refractivity contribution is 0.106. The molecule has 5 heteroatoms. The van der Waals surface area contributed by atoms with Gasteiger partial charge in [-0.15, -0.1) is 0 Å². The third-order valence-corrected chi connectivity index (χ3v) is 3.09. The second-order valence-corrected chi connectivity index (χ2v) is 4.32. The Bertz CT molecular complexity index is 562. The standard InChI is InChI=1S/C13H13FN2O2/c14-9-4-1-3-8(7-9)11-12(16-18-13(11)15)10-5-2-6-17-10/h1,3-4,7,10H,2,5-6,15H2. The molecule has 2 aromatic rings. The van der Waals surface area contributed by atoms with Gasteiger partial charge >= 0.3 is 0 Å². The van der Waals surface area contributed by atoms with Crippen molar-refractivity contribution in [3.05, 3.63) is 35.8 Å². The summed E-state index contributed by atoms with van der Waals surface area (Å²) >= 11 is 0. The number of ether oxygens (including phenoxy) is 1. The number of anilines is 1. The van der Waals surface area contributed by atoms with Gasteiger partial charge in [0.05, 0.1) is 5.56 Å². The number of halogens is 1. The van der Waals surface area contributed by atoms with Gasteiger partial charge in [0.25, 0.3) is 0 Å². The number of hydrogen-bond acceptors (Lipinski definition) is 4. The molecule has 1 atom stereocenters. The first kappa shape index (κ1) is 11.2. The number of benzene rings is 1. The van der Waals surface area contributed by atoms with Gasteiger partial charge in [0.15, 0.2) is 0 Å². The summed E-state index contributed by atoms with van der Waals surface area (Å²) in [4.78, 5) is 0. The molecule has 1 aliphatic rings. The summed E-state index contributed by atoms with van der Waals surface area (Å²) in [6, 6.07) is 6.22. The fraction of sp³-hybridized carbons (Fsp3) is 0.308. The van der Waals surface area contributed by atoms with Gasteiger partial charge in [-0.1, -0.05) is 17.3 Å². The Morgan fingerprint density at radius 1 is 1.39 bits per heavy atom. The SMILES string of the molecule is Nc1onc(C2CCCO2)c1-c1cccc(F)c1. The van der Waals surface area contributed by atoms with Crippen LogP contribution in [0.2, 0.25) is 0 Å². The van der Waals surface area contributed by atoms with Gasteiger partial charge in [-0.25, -0.2) is 4.39 Å². The fourth-order valence-corrected chi connectivity index (χ4v) is 2.26. The molecule has 1 saturated heterocycles. The van der Waals surface area contributed by atoms with Gasteiger partial charge < -0.3 is 15.0 Å². The Morgan fingerprint density at radius 3 is 3.00 bits per heavy atom. The molecule has 0 radical (unpaired) electrons. The van der Waals surface area contributed by atoms with Gasteiger partial charge in [0.1, 0.15) is 17.6 Å². The summed E-state index contributed by atoms with van der Waals surface area (Å²) in [5.74, 6) is -0.113. The fourth-order valence-electron chi connectivity index (χ4n) is 2.26. The predicted molar refractivity (Wildman–Crippen MR) is 64.2 cm³/mol. The van der Waals surface area contributed by atoms with Crippen molar-refractivity contribution in [2.75, 3.05) is 12.3 Å². The lowest BCUT2D eigenvalue weighted by Crippen LogP contribution is -1.99. The normalized spacial score (nSPS) is 19.3. The third-order valence-electron chi connectivity index (χ3n) is 3.09. The van der Waals surface area contributed by atoms with Crippen molar-refractivity contribution in [2.45, 2.75) is 18.9 Å². The number of nitrogen functional groups attached to an aromatic ring is 1. The highest BCUT2D eigenvalue weighted by atomic mass is 19.1. The van der Waals surface area contributed by atoms with Crippen molar-refractivity contribution in [3.63, 3.8) is 0 Å². The molecule has 2 heterocycles. The van der Waals surface area contributed by atoms with Crippen molar-refractivity contribution in [2.24, 2.45) is 0 Å². The van der Waals surface area contributed by atoms with E-state index in [0.717, 1.165) is 12.8 Å². The number of hydrogen-bond donors (Lipinski definition) is 1. The van der Waals surface area contributed by atoms with Crippen LogP contribution in [0, 0.1) is 5.82 Å². The maximum absolute atomic E-state index is 13.3. The lowest BCUT2D eigenvalue weighted by Gasteiger charge is -2.08. The number of nitrogens with zero attached hydrogens (tertiary/aromatic N) is 1. The van der Waals surface area contributed by atoms with Crippen LogP contribution in [0.4, 0.5) is 10.3 Å². The molecule has 1 aromatic carbocycles. The maximum atomic E-state index is 13.3. The second kappa shape index (κ2) is 4.42. The minimum Gasteiger partial charge on any atom is -0.372 e. The Hall–Kier alpha value is -1.88. The molecular formula is C13H13FN2O2. The van der Waals surface area contributed by atoms with Crippen molar-refractivity contribution < 1.29 is 13.7 Å². The number of aromatic nitrogens is 1. The summed E-state index contributed by atoms with van der Waals surface area (Å²) in [5.41, 5.74) is 7.75. The smallest absolute Gasteiger partial charge is 0.230 e. The Labute approximate surface area is 104 Å². The van der Waals surface area contributed by atoms with E-state index in [-0.39, 0.29) is 17.8 Å². The molecule has 2 N–H and O–H groups in total. The van der Waals surface area contributed by atoms with E-state index >= 15 is 0 Å². The third kappa shape index (κ3) is 1.86. The zero-order valence-electron chi connectivity index (χ0n) is 9.73. The van der Waals surface area contributed by atoms with Crippen LogP contribution < -0.4 is 5.73 Å². The van der Waals surface area contributed by atoms with Crippen LogP contribution in [0.3, 0.4) is 0 Å². The van der Waals surface area contributed by atoms with E-state index < -0.39 is 0 Å². The topological polar surface area (TPSA) is 61.3 Å². The largest absolute Gasteiger partial charge is 0.372 e. The van der Waals surface area contributed by atoms with Crippen molar-refractivity contribution in [1.82, 2.24) is 5.16 Å². The molecule has 3 rings (SSSR count). The zero-order valence-corrected chi connectivity index (χ0v) is 9.73. The van der Waals surface area contributed by atoms with Gasteiger partial charge in [-0.3, -0.25) is 0 Å². The number of nitrogens with two attached hydrogens (primary N) is 1. The summed E-state index contributed by atoms with van der Waals surface area (Å²) in [7, 11) is 0. The van der Waals surface area contributed by atoms with Gasteiger partial charge in [0, 0.05) is 6.61 Å². The summed E-state index contributed by atoms with van der Waals surface area (Å²) < 4.78 is 23.9. The van der Waals surface area contributed by atoms with Gasteiger partial charge in [-0.2, -0.15) is 0 Å². The van der Waals surface area contributed by atoms with Gasteiger partial charge in [0.2, 0.25) is 5.88 Å². The summed E-state index contributed by atoms with van der Waals surface area (Å²) in [6.07, 6.45) is 1.76. The molecule has 18 heavy (non-hydrogen) atoms. The predicted octanol–water partition coefficient (Wildman–Crippen LogP) is 2.91. The van der Waals surface area contributed by atoms with Crippen LogP contribution in [0.25, 0.3) is 11.1 Å². The molecule has 1 aliphatic heterocycles. The van der Waals surface area contributed by atoms with Crippen molar-refractivity contribution >= 4 is 5.88 Å². The molecule has 0 spiro atoms. The molecule has 94 valence electrons. The van der Waals surface area contributed by atoms with Gasteiger partial charge in [-0.05, 0) is 30.5 Å². The first-order valence-electron chi connectivity index (χ1n) is 5.88. The van der Waals surface area contributed by atoms with Crippen LogP contribution in [-0.4, -0.2) is 11.8 Å². The van der Waals surface area contributed by atoms with E-state index in [4.69, 9.17) is 15.0 Å². The van der Waals surface area contributed by atoms with E-state index in [0.29, 0.717) is 23.4 Å².